The van der Waals surface area contributed by atoms with Gasteiger partial charge in [-0.25, -0.2) is 0 Å². The topological polar surface area (TPSA) is 34.1 Å². The molecule has 2 nitrogen and oxygen atoms in total. The molecular weight excluding hydrogens is 633 g/mol. The van der Waals surface area contributed by atoms with Crippen molar-refractivity contribution in [3.8, 4) is 0 Å². The smallest absolute Gasteiger partial charge is 0.150 e. The predicted octanol–water partition coefficient (Wildman–Crippen LogP) is 10.9. The lowest BCUT2D eigenvalue weighted by atomic mass is 9.88. The Labute approximate surface area is 307 Å². The molecule has 0 bridgehead atoms. The molecule has 2 heteroatoms. The summed E-state index contributed by atoms with van der Waals surface area (Å²) >= 11 is 0. The van der Waals surface area contributed by atoms with E-state index in [9.17, 15) is 9.59 Å². The molecule has 0 heterocycles. The van der Waals surface area contributed by atoms with Crippen LogP contribution in [0.4, 0.5) is 0 Å². The molecule has 0 amide bonds. The van der Waals surface area contributed by atoms with Gasteiger partial charge in [0.2, 0.25) is 0 Å². The van der Waals surface area contributed by atoms with E-state index in [1.165, 1.54) is 55.6 Å². The summed E-state index contributed by atoms with van der Waals surface area (Å²) in [6, 6.07) is 59.5. The third-order valence-electron chi connectivity index (χ3n) is 10.2. The van der Waals surface area contributed by atoms with Crippen molar-refractivity contribution < 1.29 is 9.59 Å². The van der Waals surface area contributed by atoms with E-state index in [0.717, 1.165) is 73.4 Å². The minimum atomic E-state index is 0.728. The first-order valence-corrected chi connectivity index (χ1v) is 18.1. The minimum Gasteiger partial charge on any atom is -0.298 e. The van der Waals surface area contributed by atoms with Crippen LogP contribution in [-0.4, -0.2) is 12.6 Å². The fourth-order valence-corrected chi connectivity index (χ4v) is 7.36. The zero-order valence-corrected chi connectivity index (χ0v) is 29.4. The van der Waals surface area contributed by atoms with Crippen molar-refractivity contribution in [2.24, 2.45) is 0 Å². The van der Waals surface area contributed by atoms with Gasteiger partial charge in [0.15, 0.2) is 0 Å². The molecule has 0 aliphatic heterocycles. The summed E-state index contributed by atoms with van der Waals surface area (Å²) in [6.07, 6.45) is 6.73. The summed E-state index contributed by atoms with van der Waals surface area (Å²) in [5, 5.41) is 0. The van der Waals surface area contributed by atoms with Gasteiger partial charge >= 0.3 is 0 Å². The molecule has 7 aromatic carbocycles. The van der Waals surface area contributed by atoms with Gasteiger partial charge in [0.05, 0.1) is 0 Å². The Balaban J connectivity index is 1.12. The Hall–Kier alpha value is -6.12. The summed E-state index contributed by atoms with van der Waals surface area (Å²) < 4.78 is 0. The monoisotopic (exact) mass is 674 g/mol. The second kappa shape index (κ2) is 16.7. The van der Waals surface area contributed by atoms with Gasteiger partial charge in [0.25, 0.3) is 0 Å². The Kier molecular flexibility index (Phi) is 11.0. The minimum absolute atomic E-state index is 0.728. The first-order chi connectivity index (χ1) is 25.7. The van der Waals surface area contributed by atoms with Gasteiger partial charge in [0, 0.05) is 11.1 Å². The lowest BCUT2D eigenvalue weighted by Crippen LogP contribution is -2.05. The van der Waals surface area contributed by atoms with Gasteiger partial charge in [-0.3, -0.25) is 9.59 Å². The average Bonchev–Trinajstić information content (AvgIpc) is 3.19. The van der Waals surface area contributed by atoms with Crippen LogP contribution in [0, 0.1) is 0 Å². The molecule has 0 aromatic heterocycles. The highest BCUT2D eigenvalue weighted by molar-refractivity contribution is 5.78. The molecule has 0 aliphatic rings. The van der Waals surface area contributed by atoms with Gasteiger partial charge in [-0.2, -0.15) is 0 Å². The van der Waals surface area contributed by atoms with E-state index in [2.05, 4.69) is 133 Å². The molecule has 0 N–H and O–H groups in total. The Morgan fingerprint density at radius 3 is 0.577 bits per heavy atom. The maximum absolute atomic E-state index is 11.7. The van der Waals surface area contributed by atoms with Crippen molar-refractivity contribution in [2.45, 2.75) is 38.5 Å². The molecule has 0 fully saturated rings. The molecule has 0 atom stereocenters. The van der Waals surface area contributed by atoms with E-state index in [0.29, 0.717) is 0 Å². The van der Waals surface area contributed by atoms with Crippen LogP contribution in [0.2, 0.25) is 0 Å². The van der Waals surface area contributed by atoms with Crippen LogP contribution in [0.3, 0.4) is 0 Å². The van der Waals surface area contributed by atoms with Crippen LogP contribution in [0.15, 0.2) is 170 Å². The van der Waals surface area contributed by atoms with Crippen molar-refractivity contribution in [3.63, 3.8) is 0 Å². The van der Waals surface area contributed by atoms with Gasteiger partial charge in [0.1, 0.15) is 12.6 Å². The first kappa shape index (κ1) is 34.3. The van der Waals surface area contributed by atoms with Gasteiger partial charge < -0.3 is 0 Å². The number of benzene rings is 7. The zero-order chi connectivity index (χ0) is 35.5. The first-order valence-electron chi connectivity index (χ1n) is 18.1. The third-order valence-corrected chi connectivity index (χ3v) is 10.2. The standard InChI is InChI=1S/C50H42O2/c51-35-49-27-13-11-25-47(49)33-45-23-9-7-21-43(45)31-41-19-5-3-17-39(41)29-37-15-1-2-16-38(37)30-40-18-4-6-20-42(40)32-44-22-8-10-24-46(44)34-48-26-12-14-28-50(48)36-52/h1-28,35-36H,29-34H2. The highest BCUT2D eigenvalue weighted by Gasteiger charge is 2.14. The predicted molar refractivity (Wildman–Crippen MR) is 213 cm³/mol. The number of rotatable bonds is 14. The van der Waals surface area contributed by atoms with Crippen molar-refractivity contribution in [2.75, 3.05) is 0 Å². The largest absolute Gasteiger partial charge is 0.298 e. The maximum atomic E-state index is 11.7. The SMILES string of the molecule is O=Cc1ccccc1Cc1ccccc1Cc1ccccc1Cc1ccccc1Cc1ccccc1Cc1ccccc1Cc1ccccc1C=O. The summed E-state index contributed by atoms with van der Waals surface area (Å²) in [4.78, 5) is 23.5. The quantitative estimate of drug-likeness (QED) is 0.108. The molecule has 0 aliphatic carbocycles. The van der Waals surface area contributed by atoms with Crippen molar-refractivity contribution in [3.05, 3.63) is 248 Å². The summed E-state index contributed by atoms with van der Waals surface area (Å²) in [5.74, 6) is 0. The second-order valence-electron chi connectivity index (χ2n) is 13.5. The van der Waals surface area contributed by atoms with Crippen LogP contribution >= 0.6 is 0 Å². The average molecular weight is 675 g/mol. The molecule has 0 saturated heterocycles. The number of hydrogen-bond donors (Lipinski definition) is 0. The Morgan fingerprint density at radius 1 is 0.231 bits per heavy atom. The maximum Gasteiger partial charge on any atom is 0.150 e. The number of carbonyl (C=O) groups is 2. The van der Waals surface area contributed by atoms with E-state index in [-0.39, 0.29) is 0 Å². The van der Waals surface area contributed by atoms with Crippen molar-refractivity contribution in [1.82, 2.24) is 0 Å². The van der Waals surface area contributed by atoms with Crippen LogP contribution in [0.1, 0.15) is 87.5 Å². The van der Waals surface area contributed by atoms with Crippen LogP contribution in [0.25, 0.3) is 0 Å². The second-order valence-corrected chi connectivity index (χ2v) is 13.5. The van der Waals surface area contributed by atoms with Crippen LogP contribution in [0.5, 0.6) is 0 Å². The Bertz CT molecular complexity index is 2150. The number of hydrogen-bond acceptors (Lipinski definition) is 2. The van der Waals surface area contributed by atoms with E-state index in [1.54, 1.807) is 0 Å². The third kappa shape index (κ3) is 8.25. The molecular formula is C50H42O2. The van der Waals surface area contributed by atoms with E-state index in [4.69, 9.17) is 0 Å². The lowest BCUT2D eigenvalue weighted by molar-refractivity contribution is 0.111. The fourth-order valence-electron chi connectivity index (χ4n) is 7.36. The zero-order valence-electron chi connectivity index (χ0n) is 29.4. The van der Waals surface area contributed by atoms with Gasteiger partial charge in [-0.15, -0.1) is 0 Å². The molecule has 7 aromatic rings. The summed E-state index contributed by atoms with van der Waals surface area (Å²) in [7, 11) is 0. The van der Waals surface area contributed by atoms with Crippen molar-refractivity contribution in [1.29, 1.82) is 0 Å². The summed E-state index contributed by atoms with van der Waals surface area (Å²) in [5.41, 5.74) is 16.7. The number of carbonyl (C=O) groups excluding carboxylic acids is 2. The van der Waals surface area contributed by atoms with E-state index < -0.39 is 0 Å². The molecule has 0 radical (unpaired) electrons. The number of aldehydes is 2. The van der Waals surface area contributed by atoms with E-state index in [1.807, 2.05) is 36.4 Å². The highest BCUT2D eigenvalue weighted by Crippen LogP contribution is 2.27. The van der Waals surface area contributed by atoms with Crippen LogP contribution in [-0.2, 0) is 38.5 Å². The Morgan fingerprint density at radius 2 is 0.385 bits per heavy atom. The summed E-state index contributed by atoms with van der Waals surface area (Å²) in [6.45, 7) is 0. The molecule has 52 heavy (non-hydrogen) atoms. The lowest BCUT2D eigenvalue weighted by Gasteiger charge is -2.17. The fraction of sp³-hybridized carbons (Fsp3) is 0.120. The molecule has 0 saturated carbocycles. The normalized spacial score (nSPS) is 10.9. The van der Waals surface area contributed by atoms with Crippen molar-refractivity contribution >= 4 is 12.6 Å². The molecule has 254 valence electrons. The van der Waals surface area contributed by atoms with E-state index >= 15 is 0 Å². The molecule has 7 rings (SSSR count). The molecule has 0 spiro atoms. The highest BCUT2D eigenvalue weighted by atomic mass is 16.1. The molecule has 0 unspecified atom stereocenters. The van der Waals surface area contributed by atoms with Gasteiger partial charge in [-0.05, 0) is 105 Å². The van der Waals surface area contributed by atoms with Crippen LogP contribution < -0.4 is 0 Å². The van der Waals surface area contributed by atoms with Gasteiger partial charge in [-0.1, -0.05) is 170 Å².